The van der Waals surface area contributed by atoms with Gasteiger partial charge >= 0.3 is 0 Å². The lowest BCUT2D eigenvalue weighted by Gasteiger charge is -2.31. The standard InChI is InChI=1S/C14H16ClFN2O/c1-2-5-17-6-8-18(9-7-17)14(19)12-4-3-11(16)10-13(12)15/h2-4,10H,1,5-9H2/p+1. The molecule has 0 aliphatic carbocycles. The lowest BCUT2D eigenvalue weighted by atomic mass is 10.1. The Balaban J connectivity index is 2.03. The highest BCUT2D eigenvalue weighted by atomic mass is 35.5. The SMILES string of the molecule is C=CC[NH+]1CCN(C(=O)c2ccc(F)cc2Cl)CC1. The number of nitrogens with one attached hydrogen (secondary N) is 1. The Hall–Kier alpha value is -1.39. The normalized spacial score (nSPS) is 16.4. The van der Waals surface area contributed by atoms with Gasteiger partial charge in [-0.25, -0.2) is 4.39 Å². The molecule has 0 spiro atoms. The first kappa shape index (κ1) is 14.0. The second kappa shape index (κ2) is 6.17. The molecule has 1 fully saturated rings. The van der Waals surface area contributed by atoms with Crippen LogP contribution in [0.5, 0.6) is 0 Å². The van der Waals surface area contributed by atoms with Crippen molar-refractivity contribution in [3.8, 4) is 0 Å². The van der Waals surface area contributed by atoms with Crippen LogP contribution in [0.4, 0.5) is 4.39 Å². The van der Waals surface area contributed by atoms with Crippen molar-refractivity contribution in [1.29, 1.82) is 0 Å². The van der Waals surface area contributed by atoms with Crippen molar-refractivity contribution in [2.45, 2.75) is 0 Å². The maximum absolute atomic E-state index is 13.0. The number of hydrogen-bond acceptors (Lipinski definition) is 1. The Labute approximate surface area is 117 Å². The molecule has 1 aromatic carbocycles. The Morgan fingerprint density at radius 2 is 2.16 bits per heavy atom. The number of quaternary nitrogens is 1. The number of amides is 1. The predicted molar refractivity (Wildman–Crippen MR) is 73.1 cm³/mol. The van der Waals surface area contributed by atoms with E-state index in [2.05, 4.69) is 6.58 Å². The first-order valence-corrected chi connectivity index (χ1v) is 6.68. The van der Waals surface area contributed by atoms with Crippen molar-refractivity contribution >= 4 is 17.5 Å². The van der Waals surface area contributed by atoms with Crippen LogP contribution in [0.1, 0.15) is 10.4 Å². The van der Waals surface area contributed by atoms with Crippen LogP contribution in [-0.2, 0) is 0 Å². The predicted octanol–water partition coefficient (Wildman–Crippen LogP) is 1.01. The lowest BCUT2D eigenvalue weighted by molar-refractivity contribution is -0.898. The third-order valence-electron chi connectivity index (χ3n) is 3.35. The zero-order chi connectivity index (χ0) is 13.8. The van der Waals surface area contributed by atoms with Crippen LogP contribution in [0.15, 0.2) is 30.9 Å². The zero-order valence-electron chi connectivity index (χ0n) is 10.7. The molecular weight excluding hydrogens is 267 g/mol. The Morgan fingerprint density at radius 1 is 1.47 bits per heavy atom. The van der Waals surface area contributed by atoms with Crippen LogP contribution in [0.3, 0.4) is 0 Å². The quantitative estimate of drug-likeness (QED) is 0.823. The summed E-state index contributed by atoms with van der Waals surface area (Å²) in [5.41, 5.74) is 0.371. The summed E-state index contributed by atoms with van der Waals surface area (Å²) in [5.74, 6) is -0.551. The molecule has 1 N–H and O–H groups in total. The molecule has 0 saturated carbocycles. The van der Waals surface area contributed by atoms with Crippen LogP contribution >= 0.6 is 11.6 Å². The second-order valence-electron chi connectivity index (χ2n) is 4.66. The van der Waals surface area contributed by atoms with Crippen molar-refractivity contribution in [1.82, 2.24) is 4.90 Å². The van der Waals surface area contributed by atoms with Crippen LogP contribution in [0.2, 0.25) is 5.02 Å². The summed E-state index contributed by atoms with van der Waals surface area (Å²) in [7, 11) is 0. The topological polar surface area (TPSA) is 24.8 Å². The minimum absolute atomic E-state index is 0.123. The number of carbonyl (C=O) groups excluding carboxylic acids is 1. The molecule has 1 aromatic rings. The van der Waals surface area contributed by atoms with E-state index in [1.165, 1.54) is 23.1 Å². The van der Waals surface area contributed by atoms with Crippen LogP contribution in [0.25, 0.3) is 0 Å². The number of nitrogens with zero attached hydrogens (tertiary/aromatic N) is 1. The zero-order valence-corrected chi connectivity index (χ0v) is 11.4. The van der Waals surface area contributed by atoms with E-state index < -0.39 is 5.82 Å². The summed E-state index contributed by atoms with van der Waals surface area (Å²) in [6.45, 7) is 7.82. The van der Waals surface area contributed by atoms with E-state index in [0.717, 1.165) is 19.6 Å². The molecule has 0 unspecified atom stereocenters. The van der Waals surface area contributed by atoms with Gasteiger partial charge in [-0.05, 0) is 24.3 Å². The molecule has 5 heteroatoms. The van der Waals surface area contributed by atoms with Gasteiger partial charge in [0.25, 0.3) is 5.91 Å². The molecule has 3 nitrogen and oxygen atoms in total. The van der Waals surface area contributed by atoms with Crippen molar-refractivity contribution in [3.63, 3.8) is 0 Å². The van der Waals surface area contributed by atoms with E-state index in [1.807, 2.05) is 6.08 Å². The number of piperazine rings is 1. The highest BCUT2D eigenvalue weighted by Gasteiger charge is 2.25. The van der Waals surface area contributed by atoms with Crippen LogP contribution in [-0.4, -0.2) is 43.5 Å². The number of halogens is 2. The fourth-order valence-electron chi connectivity index (χ4n) is 2.27. The average molecular weight is 284 g/mol. The van der Waals surface area contributed by atoms with Gasteiger partial charge in [-0.3, -0.25) is 4.79 Å². The van der Waals surface area contributed by atoms with E-state index in [9.17, 15) is 9.18 Å². The molecule has 2 rings (SSSR count). The number of rotatable bonds is 3. The Morgan fingerprint density at radius 3 is 2.74 bits per heavy atom. The maximum atomic E-state index is 13.0. The lowest BCUT2D eigenvalue weighted by Crippen LogP contribution is -3.14. The summed E-state index contributed by atoms with van der Waals surface area (Å²) >= 11 is 5.92. The van der Waals surface area contributed by atoms with Gasteiger partial charge < -0.3 is 9.80 Å². The van der Waals surface area contributed by atoms with Crippen molar-refractivity contribution in [3.05, 3.63) is 47.3 Å². The molecule has 0 aromatic heterocycles. The largest absolute Gasteiger partial charge is 0.329 e. The molecule has 1 aliphatic rings. The third kappa shape index (κ3) is 3.33. The molecule has 19 heavy (non-hydrogen) atoms. The van der Waals surface area contributed by atoms with Gasteiger partial charge in [0.2, 0.25) is 0 Å². The minimum atomic E-state index is -0.429. The van der Waals surface area contributed by atoms with E-state index in [4.69, 9.17) is 11.6 Å². The van der Waals surface area contributed by atoms with E-state index >= 15 is 0 Å². The summed E-state index contributed by atoms with van der Waals surface area (Å²) in [5, 5.41) is 0.172. The molecule has 0 bridgehead atoms. The van der Waals surface area contributed by atoms with Gasteiger partial charge in [0.1, 0.15) is 5.82 Å². The van der Waals surface area contributed by atoms with Gasteiger partial charge in [-0.15, -0.1) is 0 Å². The van der Waals surface area contributed by atoms with E-state index in [1.54, 1.807) is 4.90 Å². The van der Waals surface area contributed by atoms with Crippen LogP contribution in [0, 0.1) is 5.82 Å². The molecule has 0 radical (unpaired) electrons. The van der Waals surface area contributed by atoms with Crippen molar-refractivity contribution < 1.29 is 14.1 Å². The molecule has 1 amide bonds. The Kier molecular flexibility index (Phi) is 4.56. The van der Waals surface area contributed by atoms with Gasteiger partial charge in [-0.1, -0.05) is 18.2 Å². The van der Waals surface area contributed by atoms with Gasteiger partial charge in [0.05, 0.1) is 43.3 Å². The molecule has 1 aliphatic heterocycles. The average Bonchev–Trinajstić information content (AvgIpc) is 2.39. The number of benzene rings is 1. The van der Waals surface area contributed by atoms with Crippen molar-refractivity contribution in [2.75, 3.05) is 32.7 Å². The highest BCUT2D eigenvalue weighted by molar-refractivity contribution is 6.33. The van der Waals surface area contributed by atoms with Crippen molar-refractivity contribution in [2.24, 2.45) is 0 Å². The maximum Gasteiger partial charge on any atom is 0.255 e. The smallest absolute Gasteiger partial charge is 0.255 e. The van der Waals surface area contributed by atoms with E-state index in [0.29, 0.717) is 18.7 Å². The second-order valence-corrected chi connectivity index (χ2v) is 5.07. The Bertz CT molecular complexity index is 484. The first-order chi connectivity index (χ1) is 9.11. The fourth-order valence-corrected chi connectivity index (χ4v) is 2.52. The molecule has 0 atom stereocenters. The summed E-state index contributed by atoms with van der Waals surface area (Å²) in [4.78, 5) is 15.5. The molecule has 1 heterocycles. The van der Waals surface area contributed by atoms with E-state index in [-0.39, 0.29) is 10.9 Å². The number of hydrogen-bond donors (Lipinski definition) is 1. The molecule has 102 valence electrons. The van der Waals surface area contributed by atoms with Gasteiger partial charge in [0, 0.05) is 0 Å². The van der Waals surface area contributed by atoms with Gasteiger partial charge in [-0.2, -0.15) is 0 Å². The summed E-state index contributed by atoms with van der Waals surface area (Å²) < 4.78 is 13.0. The summed E-state index contributed by atoms with van der Waals surface area (Å²) in [6.07, 6.45) is 1.89. The summed E-state index contributed by atoms with van der Waals surface area (Å²) in [6, 6.07) is 3.88. The monoisotopic (exact) mass is 283 g/mol. The molecule has 1 saturated heterocycles. The minimum Gasteiger partial charge on any atom is -0.329 e. The highest BCUT2D eigenvalue weighted by Crippen LogP contribution is 2.19. The first-order valence-electron chi connectivity index (χ1n) is 6.30. The van der Waals surface area contributed by atoms with Crippen LogP contribution < -0.4 is 4.90 Å². The van der Waals surface area contributed by atoms with Gasteiger partial charge in [0.15, 0.2) is 0 Å². The third-order valence-corrected chi connectivity index (χ3v) is 3.67. The number of carbonyl (C=O) groups is 1. The molecular formula is C14H17ClFN2O+. The fraction of sp³-hybridized carbons (Fsp3) is 0.357.